The summed E-state index contributed by atoms with van der Waals surface area (Å²) in [5.41, 5.74) is 4.71. The number of fused-ring (bicyclic) bond motifs is 1. The second-order valence-corrected chi connectivity index (χ2v) is 6.07. The van der Waals surface area contributed by atoms with Gasteiger partial charge < -0.3 is 9.42 Å². The maximum absolute atomic E-state index is 13.2. The molecule has 3 aromatic rings. The van der Waals surface area contributed by atoms with Gasteiger partial charge in [0.1, 0.15) is 5.82 Å². The summed E-state index contributed by atoms with van der Waals surface area (Å²) in [4.78, 5) is 11.2. The maximum Gasteiger partial charge on any atom is 0.226 e. The van der Waals surface area contributed by atoms with E-state index in [9.17, 15) is 4.39 Å². The number of nitrogens with zero attached hydrogens (tertiary/aromatic N) is 4. The van der Waals surface area contributed by atoms with E-state index in [1.807, 2.05) is 19.9 Å². The Morgan fingerprint density at radius 1 is 1.08 bits per heavy atom. The fourth-order valence-electron chi connectivity index (χ4n) is 3.06. The van der Waals surface area contributed by atoms with Gasteiger partial charge in [-0.3, -0.25) is 0 Å². The van der Waals surface area contributed by atoms with Crippen molar-refractivity contribution < 1.29 is 8.91 Å². The van der Waals surface area contributed by atoms with Crippen LogP contribution in [0.3, 0.4) is 0 Å². The molecule has 5 nitrogen and oxygen atoms in total. The van der Waals surface area contributed by atoms with Crippen molar-refractivity contribution in [2.75, 3.05) is 11.4 Å². The first kappa shape index (κ1) is 14.8. The Hall–Kier alpha value is -2.76. The van der Waals surface area contributed by atoms with Gasteiger partial charge in [0, 0.05) is 35.5 Å². The molecule has 0 amide bonds. The molecular weight excluding hydrogens is 307 g/mol. The van der Waals surface area contributed by atoms with Crippen molar-refractivity contribution in [3.63, 3.8) is 0 Å². The van der Waals surface area contributed by atoms with Gasteiger partial charge >= 0.3 is 0 Å². The van der Waals surface area contributed by atoms with E-state index >= 15 is 0 Å². The molecule has 0 radical (unpaired) electrons. The molecule has 0 saturated carbocycles. The number of hydrogen-bond acceptors (Lipinski definition) is 5. The van der Waals surface area contributed by atoms with Gasteiger partial charge in [0.25, 0.3) is 0 Å². The molecule has 1 aliphatic heterocycles. The second kappa shape index (κ2) is 5.70. The first-order chi connectivity index (χ1) is 11.6. The first-order valence-electron chi connectivity index (χ1n) is 7.91. The number of anilines is 1. The highest BCUT2D eigenvalue weighted by Crippen LogP contribution is 2.31. The van der Waals surface area contributed by atoms with Crippen LogP contribution < -0.4 is 4.90 Å². The molecule has 0 aliphatic carbocycles. The van der Waals surface area contributed by atoms with Gasteiger partial charge in [-0.2, -0.15) is 0 Å². The SMILES string of the molecule is Cc1cc(C)nc(N2CCc3noc(-c4ccc(F)cc4)c3C2)n1. The Morgan fingerprint density at radius 2 is 1.79 bits per heavy atom. The molecule has 122 valence electrons. The molecule has 3 heterocycles. The van der Waals surface area contributed by atoms with Crippen LogP contribution in [-0.2, 0) is 13.0 Å². The van der Waals surface area contributed by atoms with Crippen LogP contribution in [-0.4, -0.2) is 21.7 Å². The fraction of sp³-hybridized carbons (Fsp3) is 0.278. The third-order valence-corrected chi connectivity index (χ3v) is 4.20. The summed E-state index contributed by atoms with van der Waals surface area (Å²) >= 11 is 0. The standard InChI is InChI=1S/C18H17FN4O/c1-11-9-12(2)21-18(20-11)23-8-7-16-15(10-23)17(24-22-16)13-3-5-14(19)6-4-13/h3-6,9H,7-8,10H2,1-2H3. The lowest BCUT2D eigenvalue weighted by Crippen LogP contribution is -2.32. The number of benzene rings is 1. The smallest absolute Gasteiger partial charge is 0.226 e. The van der Waals surface area contributed by atoms with E-state index in [1.54, 1.807) is 12.1 Å². The van der Waals surface area contributed by atoms with E-state index in [1.165, 1.54) is 12.1 Å². The molecule has 4 rings (SSSR count). The van der Waals surface area contributed by atoms with Gasteiger partial charge in [-0.05, 0) is 44.2 Å². The molecule has 1 aliphatic rings. The zero-order chi connectivity index (χ0) is 16.7. The largest absolute Gasteiger partial charge is 0.356 e. The Balaban J connectivity index is 1.69. The van der Waals surface area contributed by atoms with Crippen molar-refractivity contribution in [3.8, 4) is 11.3 Å². The predicted molar refractivity (Wildman–Crippen MR) is 88.2 cm³/mol. The van der Waals surface area contributed by atoms with Crippen molar-refractivity contribution >= 4 is 5.95 Å². The monoisotopic (exact) mass is 324 g/mol. The molecule has 0 spiro atoms. The van der Waals surface area contributed by atoms with Gasteiger partial charge in [-0.25, -0.2) is 14.4 Å². The summed E-state index contributed by atoms with van der Waals surface area (Å²) in [5, 5.41) is 4.18. The van der Waals surface area contributed by atoms with Crippen LogP contribution in [0.4, 0.5) is 10.3 Å². The van der Waals surface area contributed by atoms with Crippen molar-refractivity contribution in [3.05, 3.63) is 58.8 Å². The number of aromatic nitrogens is 3. The molecular formula is C18H17FN4O. The molecule has 6 heteroatoms. The number of hydrogen-bond donors (Lipinski definition) is 0. The summed E-state index contributed by atoms with van der Waals surface area (Å²) in [6.07, 6.45) is 0.774. The average Bonchev–Trinajstić information content (AvgIpc) is 2.98. The summed E-state index contributed by atoms with van der Waals surface area (Å²) in [6, 6.07) is 8.24. The molecule has 0 unspecified atom stereocenters. The van der Waals surface area contributed by atoms with Gasteiger partial charge in [-0.15, -0.1) is 0 Å². The van der Waals surface area contributed by atoms with E-state index in [0.717, 1.165) is 47.1 Å². The first-order valence-corrected chi connectivity index (χ1v) is 7.91. The van der Waals surface area contributed by atoms with E-state index in [4.69, 9.17) is 4.52 Å². The minimum absolute atomic E-state index is 0.266. The normalized spacial score (nSPS) is 13.9. The van der Waals surface area contributed by atoms with Gasteiger partial charge in [0.15, 0.2) is 5.76 Å². The molecule has 24 heavy (non-hydrogen) atoms. The second-order valence-electron chi connectivity index (χ2n) is 6.07. The molecule has 0 saturated heterocycles. The highest BCUT2D eigenvalue weighted by Gasteiger charge is 2.26. The molecule has 2 aromatic heterocycles. The summed E-state index contributed by atoms with van der Waals surface area (Å²) < 4.78 is 18.7. The lowest BCUT2D eigenvalue weighted by atomic mass is 10.0. The minimum atomic E-state index is -0.266. The van der Waals surface area contributed by atoms with Crippen molar-refractivity contribution in [1.82, 2.24) is 15.1 Å². The molecule has 0 atom stereocenters. The molecule has 0 fully saturated rings. The highest BCUT2D eigenvalue weighted by atomic mass is 19.1. The zero-order valence-electron chi connectivity index (χ0n) is 13.6. The van der Waals surface area contributed by atoms with Crippen LogP contribution in [0.25, 0.3) is 11.3 Å². The van der Waals surface area contributed by atoms with Crippen LogP contribution in [0.2, 0.25) is 0 Å². The van der Waals surface area contributed by atoms with Crippen LogP contribution in [0, 0.1) is 19.7 Å². The van der Waals surface area contributed by atoms with Gasteiger partial charge in [-0.1, -0.05) is 5.16 Å². The maximum atomic E-state index is 13.2. The summed E-state index contributed by atoms with van der Waals surface area (Å²) in [7, 11) is 0. The lowest BCUT2D eigenvalue weighted by Gasteiger charge is -2.26. The molecule has 1 aromatic carbocycles. The van der Waals surface area contributed by atoms with Crippen LogP contribution >= 0.6 is 0 Å². The third kappa shape index (κ3) is 2.64. The number of aryl methyl sites for hydroxylation is 2. The quantitative estimate of drug-likeness (QED) is 0.722. The van der Waals surface area contributed by atoms with Crippen molar-refractivity contribution in [2.24, 2.45) is 0 Å². The Labute approximate surface area is 139 Å². The van der Waals surface area contributed by atoms with Crippen LogP contribution in [0.1, 0.15) is 22.6 Å². The van der Waals surface area contributed by atoms with E-state index in [-0.39, 0.29) is 5.82 Å². The molecule has 0 N–H and O–H groups in total. The fourth-order valence-corrected chi connectivity index (χ4v) is 3.06. The molecule has 0 bridgehead atoms. The summed E-state index contributed by atoms with van der Waals surface area (Å²) in [5.74, 6) is 1.15. The summed E-state index contributed by atoms with van der Waals surface area (Å²) in [6.45, 7) is 5.37. The van der Waals surface area contributed by atoms with Crippen LogP contribution in [0.15, 0.2) is 34.9 Å². The lowest BCUT2D eigenvalue weighted by molar-refractivity contribution is 0.424. The predicted octanol–water partition coefficient (Wildman–Crippen LogP) is 3.45. The minimum Gasteiger partial charge on any atom is -0.356 e. The van der Waals surface area contributed by atoms with E-state index in [2.05, 4.69) is 20.0 Å². The topological polar surface area (TPSA) is 55.1 Å². The van der Waals surface area contributed by atoms with Crippen molar-refractivity contribution in [1.29, 1.82) is 0 Å². The van der Waals surface area contributed by atoms with Crippen molar-refractivity contribution in [2.45, 2.75) is 26.8 Å². The van der Waals surface area contributed by atoms with E-state index in [0.29, 0.717) is 12.3 Å². The highest BCUT2D eigenvalue weighted by molar-refractivity contribution is 5.63. The van der Waals surface area contributed by atoms with Gasteiger partial charge in [0.05, 0.1) is 12.2 Å². The Kier molecular flexibility index (Phi) is 3.52. The Morgan fingerprint density at radius 3 is 2.50 bits per heavy atom. The van der Waals surface area contributed by atoms with Crippen LogP contribution in [0.5, 0.6) is 0 Å². The average molecular weight is 324 g/mol. The number of halogens is 1. The number of rotatable bonds is 2. The van der Waals surface area contributed by atoms with Gasteiger partial charge in [0.2, 0.25) is 5.95 Å². The third-order valence-electron chi connectivity index (χ3n) is 4.20. The Bertz CT molecular complexity index is 868. The van der Waals surface area contributed by atoms with E-state index < -0.39 is 0 Å². The zero-order valence-corrected chi connectivity index (χ0v) is 13.6.